The van der Waals surface area contributed by atoms with Crippen LogP contribution in [0, 0.1) is 5.92 Å². The molecule has 0 saturated carbocycles. The van der Waals surface area contributed by atoms with Crippen LogP contribution in [0.1, 0.15) is 25.5 Å². The Morgan fingerprint density at radius 2 is 2.29 bits per heavy atom. The maximum absolute atomic E-state index is 12.3. The van der Waals surface area contributed by atoms with Crippen molar-refractivity contribution in [1.29, 1.82) is 0 Å². The van der Waals surface area contributed by atoms with Gasteiger partial charge in [-0.15, -0.1) is 0 Å². The molecule has 1 aromatic rings. The third kappa shape index (κ3) is 4.54. The lowest BCUT2D eigenvalue weighted by Gasteiger charge is -2.08. The molecule has 0 aromatic carbocycles. The Balaban J connectivity index is 1.91. The molecule has 0 radical (unpaired) electrons. The van der Waals surface area contributed by atoms with Gasteiger partial charge >= 0.3 is 0 Å². The topological polar surface area (TPSA) is 72.4 Å². The van der Waals surface area contributed by atoms with E-state index in [-0.39, 0.29) is 0 Å². The molecule has 1 unspecified atom stereocenters. The van der Waals surface area contributed by atoms with E-state index in [1.54, 1.807) is 12.3 Å². The van der Waals surface area contributed by atoms with Crippen LogP contribution >= 0.6 is 0 Å². The summed E-state index contributed by atoms with van der Waals surface area (Å²) in [6.07, 6.45) is 3.52. The predicted molar refractivity (Wildman–Crippen MR) is 81.5 cm³/mol. The number of hydrogen-bond donors (Lipinski definition) is 2. The Morgan fingerprint density at radius 3 is 2.95 bits per heavy atom. The fourth-order valence-corrected chi connectivity index (χ4v) is 3.59. The number of sulfonamides is 1. The molecule has 0 amide bonds. The Kier molecular flexibility index (Phi) is 5.80. The minimum atomic E-state index is -3.42. The zero-order valence-corrected chi connectivity index (χ0v) is 13.6. The van der Waals surface area contributed by atoms with Crippen LogP contribution in [0.4, 0.5) is 0 Å². The first-order chi connectivity index (χ1) is 10.0. The van der Waals surface area contributed by atoms with Crippen LogP contribution in [0.15, 0.2) is 17.2 Å². The quantitative estimate of drug-likeness (QED) is 0.746. The van der Waals surface area contributed by atoms with E-state index in [0.717, 1.165) is 38.3 Å². The molecule has 1 aliphatic rings. The minimum Gasteiger partial charge on any atom is -0.381 e. The number of ether oxygens (including phenoxy) is 1. The van der Waals surface area contributed by atoms with Gasteiger partial charge in [-0.25, -0.2) is 13.1 Å². The smallest absolute Gasteiger partial charge is 0.242 e. The van der Waals surface area contributed by atoms with Crippen molar-refractivity contribution in [3.63, 3.8) is 0 Å². The first-order valence-corrected chi connectivity index (χ1v) is 8.94. The van der Waals surface area contributed by atoms with Crippen molar-refractivity contribution in [2.24, 2.45) is 13.0 Å². The van der Waals surface area contributed by atoms with E-state index in [1.165, 1.54) is 0 Å². The van der Waals surface area contributed by atoms with Gasteiger partial charge in [-0.1, -0.05) is 6.92 Å². The summed E-state index contributed by atoms with van der Waals surface area (Å²) in [5.41, 5.74) is 0.960. The molecule has 2 N–H and O–H groups in total. The maximum atomic E-state index is 12.3. The van der Waals surface area contributed by atoms with Crippen LogP contribution in [0.2, 0.25) is 0 Å². The number of aromatic nitrogens is 1. The van der Waals surface area contributed by atoms with E-state index < -0.39 is 10.0 Å². The Bertz CT molecular complexity index is 548. The average molecular weight is 315 g/mol. The molecular weight excluding hydrogens is 290 g/mol. The molecule has 2 rings (SSSR count). The van der Waals surface area contributed by atoms with Gasteiger partial charge in [0, 0.05) is 45.2 Å². The van der Waals surface area contributed by atoms with Gasteiger partial charge in [0.1, 0.15) is 0 Å². The van der Waals surface area contributed by atoms with Gasteiger partial charge in [0.15, 0.2) is 0 Å². The Hall–Kier alpha value is -0.890. The number of hydrogen-bond acceptors (Lipinski definition) is 4. The largest absolute Gasteiger partial charge is 0.381 e. The predicted octanol–water partition coefficient (Wildman–Crippen LogP) is 0.840. The average Bonchev–Trinajstić information content (AvgIpc) is 3.06. The Morgan fingerprint density at radius 1 is 1.48 bits per heavy atom. The summed E-state index contributed by atoms with van der Waals surface area (Å²) in [5, 5.41) is 3.20. The SMILES string of the molecule is CCNCc1cc(S(=O)(=O)NCCC2CCOC2)cn1C. The van der Waals surface area contributed by atoms with Crippen molar-refractivity contribution in [2.45, 2.75) is 31.2 Å². The molecule has 1 fully saturated rings. The van der Waals surface area contributed by atoms with Gasteiger partial charge in [-0.05, 0) is 31.4 Å². The van der Waals surface area contributed by atoms with Crippen molar-refractivity contribution >= 4 is 10.0 Å². The van der Waals surface area contributed by atoms with Gasteiger partial charge in [0.2, 0.25) is 10.0 Å². The fraction of sp³-hybridized carbons (Fsp3) is 0.714. The van der Waals surface area contributed by atoms with E-state index >= 15 is 0 Å². The molecule has 21 heavy (non-hydrogen) atoms. The number of nitrogens with zero attached hydrogens (tertiary/aromatic N) is 1. The first-order valence-electron chi connectivity index (χ1n) is 7.46. The van der Waals surface area contributed by atoms with Gasteiger partial charge < -0.3 is 14.6 Å². The third-order valence-corrected chi connectivity index (χ3v) is 5.25. The highest BCUT2D eigenvalue weighted by Gasteiger charge is 2.19. The lowest BCUT2D eigenvalue weighted by Crippen LogP contribution is -2.26. The summed E-state index contributed by atoms with van der Waals surface area (Å²) in [7, 11) is -1.56. The molecule has 6 nitrogen and oxygen atoms in total. The molecule has 2 heterocycles. The lowest BCUT2D eigenvalue weighted by molar-refractivity contribution is 0.184. The number of rotatable bonds is 8. The molecule has 1 atom stereocenters. The van der Waals surface area contributed by atoms with Crippen LogP contribution in [0.5, 0.6) is 0 Å². The minimum absolute atomic E-state index is 0.334. The number of aryl methyl sites for hydroxylation is 1. The molecule has 1 aromatic heterocycles. The summed E-state index contributed by atoms with van der Waals surface area (Å²) in [5.74, 6) is 0.479. The fourth-order valence-electron chi connectivity index (χ4n) is 2.44. The monoisotopic (exact) mass is 315 g/mol. The van der Waals surface area contributed by atoms with E-state index in [0.29, 0.717) is 23.9 Å². The van der Waals surface area contributed by atoms with Crippen molar-refractivity contribution in [1.82, 2.24) is 14.6 Å². The summed E-state index contributed by atoms with van der Waals surface area (Å²) in [6, 6.07) is 1.73. The van der Waals surface area contributed by atoms with Crippen LogP contribution < -0.4 is 10.0 Å². The van der Waals surface area contributed by atoms with Gasteiger partial charge in [0.05, 0.1) is 4.90 Å². The number of nitrogens with one attached hydrogen (secondary N) is 2. The molecular formula is C14H25N3O3S. The normalized spacial score (nSPS) is 19.2. The third-order valence-electron chi connectivity index (χ3n) is 3.82. The highest BCUT2D eigenvalue weighted by Crippen LogP contribution is 2.17. The van der Waals surface area contributed by atoms with E-state index in [1.807, 2.05) is 18.5 Å². The molecule has 1 saturated heterocycles. The van der Waals surface area contributed by atoms with Crippen LogP contribution in [0.25, 0.3) is 0 Å². The van der Waals surface area contributed by atoms with Crippen molar-refractivity contribution < 1.29 is 13.2 Å². The van der Waals surface area contributed by atoms with Crippen molar-refractivity contribution in [2.75, 3.05) is 26.3 Å². The van der Waals surface area contributed by atoms with Crippen LogP contribution in [-0.2, 0) is 28.4 Å². The standard InChI is InChI=1S/C14H25N3O3S/c1-3-15-9-13-8-14(10-17(13)2)21(18,19)16-6-4-12-5-7-20-11-12/h8,10,12,15-16H,3-7,9,11H2,1-2H3. The van der Waals surface area contributed by atoms with Crippen LogP contribution in [-0.4, -0.2) is 39.3 Å². The second-order valence-corrected chi connectivity index (χ2v) is 7.24. The highest BCUT2D eigenvalue weighted by atomic mass is 32.2. The van der Waals surface area contributed by atoms with E-state index in [4.69, 9.17) is 4.74 Å². The molecule has 7 heteroatoms. The van der Waals surface area contributed by atoms with Gasteiger partial charge in [-0.2, -0.15) is 0 Å². The molecule has 0 spiro atoms. The van der Waals surface area contributed by atoms with Crippen molar-refractivity contribution in [3.05, 3.63) is 18.0 Å². The maximum Gasteiger partial charge on any atom is 0.242 e. The molecule has 1 aliphatic heterocycles. The van der Waals surface area contributed by atoms with Gasteiger partial charge in [-0.3, -0.25) is 0 Å². The summed E-state index contributed by atoms with van der Waals surface area (Å²) in [6.45, 7) is 5.56. The van der Waals surface area contributed by atoms with E-state index in [2.05, 4.69) is 10.0 Å². The summed E-state index contributed by atoms with van der Waals surface area (Å²) in [4.78, 5) is 0.334. The Labute approximate surface area is 126 Å². The second kappa shape index (κ2) is 7.40. The van der Waals surface area contributed by atoms with Gasteiger partial charge in [0.25, 0.3) is 0 Å². The summed E-state index contributed by atoms with van der Waals surface area (Å²) >= 11 is 0. The second-order valence-electron chi connectivity index (χ2n) is 5.47. The van der Waals surface area contributed by atoms with Crippen LogP contribution in [0.3, 0.4) is 0 Å². The van der Waals surface area contributed by atoms with Crippen molar-refractivity contribution in [3.8, 4) is 0 Å². The molecule has 0 aliphatic carbocycles. The lowest BCUT2D eigenvalue weighted by atomic mass is 10.1. The zero-order valence-electron chi connectivity index (χ0n) is 12.8. The highest BCUT2D eigenvalue weighted by molar-refractivity contribution is 7.89. The van der Waals surface area contributed by atoms with E-state index in [9.17, 15) is 8.42 Å². The summed E-state index contributed by atoms with van der Waals surface area (Å²) < 4.78 is 34.4. The zero-order chi connectivity index (χ0) is 15.3. The molecule has 0 bridgehead atoms. The molecule has 120 valence electrons. The first kappa shape index (κ1) is 16.5.